The maximum Gasteiger partial charge on any atom is 0.150 e. The standard InChI is InChI=1S/C12H10BrF2NS/c1-7-2-3-17-11(7)6-16-12-9(14)4-8(13)5-10(12)15/h2-5,16H,6H2,1H3. The second-order valence-electron chi connectivity index (χ2n) is 3.62. The Hall–Kier alpha value is -0.940. The molecule has 0 fully saturated rings. The van der Waals surface area contributed by atoms with E-state index in [0.717, 1.165) is 10.4 Å². The van der Waals surface area contributed by atoms with Crippen LogP contribution in [0.1, 0.15) is 10.4 Å². The number of anilines is 1. The molecular formula is C12H10BrF2NS. The number of rotatable bonds is 3. The highest BCUT2D eigenvalue weighted by molar-refractivity contribution is 9.10. The molecule has 0 bridgehead atoms. The van der Waals surface area contributed by atoms with Crippen molar-refractivity contribution >= 4 is 33.0 Å². The summed E-state index contributed by atoms with van der Waals surface area (Å²) in [6.45, 7) is 2.40. The molecule has 1 aromatic heterocycles. The highest BCUT2D eigenvalue weighted by Gasteiger charge is 2.10. The van der Waals surface area contributed by atoms with Crippen molar-refractivity contribution in [3.63, 3.8) is 0 Å². The number of thiophene rings is 1. The third kappa shape index (κ3) is 2.84. The van der Waals surface area contributed by atoms with Gasteiger partial charge in [-0.3, -0.25) is 0 Å². The monoisotopic (exact) mass is 317 g/mol. The Bertz CT molecular complexity index is 516. The Labute approximate surface area is 111 Å². The van der Waals surface area contributed by atoms with E-state index in [4.69, 9.17) is 0 Å². The lowest BCUT2D eigenvalue weighted by atomic mass is 10.2. The van der Waals surface area contributed by atoms with Crippen molar-refractivity contribution in [1.82, 2.24) is 0 Å². The quantitative estimate of drug-likeness (QED) is 0.864. The predicted octanol–water partition coefficient (Wildman–Crippen LogP) is 4.71. The molecule has 0 aliphatic carbocycles. The van der Waals surface area contributed by atoms with Gasteiger partial charge in [0, 0.05) is 15.9 Å². The van der Waals surface area contributed by atoms with Gasteiger partial charge in [0.2, 0.25) is 0 Å². The van der Waals surface area contributed by atoms with E-state index in [1.165, 1.54) is 12.1 Å². The van der Waals surface area contributed by atoms with Gasteiger partial charge in [0.25, 0.3) is 0 Å². The molecule has 2 aromatic rings. The lowest BCUT2D eigenvalue weighted by Gasteiger charge is -2.08. The molecule has 5 heteroatoms. The van der Waals surface area contributed by atoms with Crippen LogP contribution in [-0.2, 0) is 6.54 Å². The average Bonchev–Trinajstić information content (AvgIpc) is 2.62. The molecule has 1 heterocycles. The van der Waals surface area contributed by atoms with E-state index in [1.54, 1.807) is 11.3 Å². The van der Waals surface area contributed by atoms with E-state index in [0.29, 0.717) is 11.0 Å². The van der Waals surface area contributed by atoms with Crippen LogP contribution >= 0.6 is 27.3 Å². The van der Waals surface area contributed by atoms with Gasteiger partial charge in [-0.25, -0.2) is 8.78 Å². The first-order valence-electron chi connectivity index (χ1n) is 4.99. The van der Waals surface area contributed by atoms with Crippen molar-refractivity contribution < 1.29 is 8.78 Å². The highest BCUT2D eigenvalue weighted by Crippen LogP contribution is 2.25. The van der Waals surface area contributed by atoms with Crippen LogP contribution in [0, 0.1) is 18.6 Å². The van der Waals surface area contributed by atoms with Gasteiger partial charge >= 0.3 is 0 Å². The second kappa shape index (κ2) is 5.14. The zero-order chi connectivity index (χ0) is 12.4. The van der Waals surface area contributed by atoms with Crippen LogP contribution in [0.25, 0.3) is 0 Å². The molecule has 90 valence electrons. The van der Waals surface area contributed by atoms with Gasteiger partial charge in [-0.1, -0.05) is 15.9 Å². The summed E-state index contributed by atoms with van der Waals surface area (Å²) in [5, 5.41) is 4.75. The molecule has 1 nitrogen and oxygen atoms in total. The van der Waals surface area contributed by atoms with Crippen molar-refractivity contribution in [3.05, 3.63) is 50.1 Å². The van der Waals surface area contributed by atoms with E-state index in [9.17, 15) is 8.78 Å². The first-order chi connectivity index (χ1) is 8.08. The third-order valence-corrected chi connectivity index (χ3v) is 3.88. The molecule has 0 saturated carbocycles. The Balaban J connectivity index is 2.17. The van der Waals surface area contributed by atoms with Crippen LogP contribution in [-0.4, -0.2) is 0 Å². The minimum Gasteiger partial charge on any atom is -0.375 e. The first kappa shape index (κ1) is 12.5. The lowest BCUT2D eigenvalue weighted by Crippen LogP contribution is -2.03. The Morgan fingerprint density at radius 3 is 2.47 bits per heavy atom. The predicted molar refractivity (Wildman–Crippen MR) is 70.4 cm³/mol. The maximum absolute atomic E-state index is 13.5. The maximum atomic E-state index is 13.5. The molecule has 0 aliphatic rings. The molecule has 0 spiro atoms. The average molecular weight is 318 g/mol. The summed E-state index contributed by atoms with van der Waals surface area (Å²) < 4.78 is 27.4. The van der Waals surface area contributed by atoms with Gasteiger partial charge in [-0.15, -0.1) is 11.3 Å². The normalized spacial score (nSPS) is 10.6. The highest BCUT2D eigenvalue weighted by atomic mass is 79.9. The van der Waals surface area contributed by atoms with E-state index in [2.05, 4.69) is 21.2 Å². The van der Waals surface area contributed by atoms with Crippen LogP contribution in [0.15, 0.2) is 28.1 Å². The van der Waals surface area contributed by atoms with Gasteiger partial charge in [0.15, 0.2) is 0 Å². The SMILES string of the molecule is Cc1ccsc1CNc1c(F)cc(Br)cc1F. The molecule has 2 rings (SSSR count). The molecule has 0 amide bonds. The number of halogens is 3. The molecule has 0 aliphatic heterocycles. The summed E-state index contributed by atoms with van der Waals surface area (Å²) in [6, 6.07) is 4.47. The fraction of sp³-hybridized carbons (Fsp3) is 0.167. The zero-order valence-electron chi connectivity index (χ0n) is 9.06. The van der Waals surface area contributed by atoms with Gasteiger partial charge in [-0.2, -0.15) is 0 Å². The fourth-order valence-corrected chi connectivity index (χ4v) is 2.71. The van der Waals surface area contributed by atoms with E-state index in [-0.39, 0.29) is 5.69 Å². The summed E-state index contributed by atoms with van der Waals surface area (Å²) in [5.41, 5.74) is 1.04. The van der Waals surface area contributed by atoms with Crippen molar-refractivity contribution in [3.8, 4) is 0 Å². The summed E-state index contributed by atoms with van der Waals surface area (Å²) >= 11 is 4.61. The smallest absolute Gasteiger partial charge is 0.150 e. The molecule has 0 saturated heterocycles. The van der Waals surface area contributed by atoms with Gasteiger partial charge in [0.1, 0.15) is 17.3 Å². The fourth-order valence-electron chi connectivity index (χ4n) is 1.46. The summed E-state index contributed by atoms with van der Waals surface area (Å²) in [6.07, 6.45) is 0. The van der Waals surface area contributed by atoms with Crippen molar-refractivity contribution in [2.45, 2.75) is 13.5 Å². The van der Waals surface area contributed by atoms with Crippen molar-refractivity contribution in [1.29, 1.82) is 0 Å². The Kier molecular flexibility index (Phi) is 3.79. The molecule has 0 unspecified atom stereocenters. The van der Waals surface area contributed by atoms with Crippen LogP contribution < -0.4 is 5.32 Å². The van der Waals surface area contributed by atoms with E-state index in [1.807, 2.05) is 18.4 Å². The third-order valence-electron chi connectivity index (χ3n) is 2.40. The van der Waals surface area contributed by atoms with Gasteiger partial charge in [-0.05, 0) is 36.1 Å². The second-order valence-corrected chi connectivity index (χ2v) is 5.54. The van der Waals surface area contributed by atoms with Crippen molar-refractivity contribution in [2.24, 2.45) is 0 Å². The number of nitrogens with one attached hydrogen (secondary N) is 1. The summed E-state index contributed by atoms with van der Waals surface area (Å²) in [7, 11) is 0. The van der Waals surface area contributed by atoms with E-state index < -0.39 is 11.6 Å². The van der Waals surface area contributed by atoms with Gasteiger partial charge in [0.05, 0.1) is 0 Å². The number of aryl methyl sites for hydroxylation is 1. The summed E-state index contributed by atoms with van der Waals surface area (Å²) in [4.78, 5) is 1.08. The molecule has 0 radical (unpaired) electrons. The van der Waals surface area contributed by atoms with Crippen LogP contribution in [0.4, 0.5) is 14.5 Å². The lowest BCUT2D eigenvalue weighted by molar-refractivity contribution is 0.586. The van der Waals surface area contributed by atoms with Crippen molar-refractivity contribution in [2.75, 3.05) is 5.32 Å². The molecule has 1 N–H and O–H groups in total. The van der Waals surface area contributed by atoms with Crippen LogP contribution in [0.3, 0.4) is 0 Å². The van der Waals surface area contributed by atoms with Gasteiger partial charge < -0.3 is 5.32 Å². The Morgan fingerprint density at radius 1 is 1.29 bits per heavy atom. The molecule has 0 atom stereocenters. The molecule has 17 heavy (non-hydrogen) atoms. The van der Waals surface area contributed by atoms with Crippen LogP contribution in [0.5, 0.6) is 0 Å². The largest absolute Gasteiger partial charge is 0.375 e. The Morgan fingerprint density at radius 2 is 1.94 bits per heavy atom. The minimum absolute atomic E-state index is 0.0824. The topological polar surface area (TPSA) is 12.0 Å². The van der Waals surface area contributed by atoms with Crippen LogP contribution in [0.2, 0.25) is 0 Å². The number of hydrogen-bond donors (Lipinski definition) is 1. The summed E-state index contributed by atoms with van der Waals surface area (Å²) in [5.74, 6) is -1.18. The molecular weight excluding hydrogens is 308 g/mol. The first-order valence-corrected chi connectivity index (χ1v) is 6.66. The number of benzene rings is 1. The zero-order valence-corrected chi connectivity index (χ0v) is 11.5. The minimum atomic E-state index is -0.592. The number of hydrogen-bond acceptors (Lipinski definition) is 2. The molecule has 1 aromatic carbocycles. The van der Waals surface area contributed by atoms with E-state index >= 15 is 0 Å².